The maximum atomic E-state index is 5.25. The van der Waals surface area contributed by atoms with Crippen molar-refractivity contribution in [2.75, 3.05) is 12.4 Å². The average Bonchev–Trinajstić information content (AvgIpc) is 2.41. The summed E-state index contributed by atoms with van der Waals surface area (Å²) in [6, 6.07) is 16.7. The number of ether oxygens (including phenoxy) is 1. The molecule has 2 heteroatoms. The predicted molar refractivity (Wildman–Crippen MR) is 76.2 cm³/mol. The molecule has 0 aliphatic heterocycles. The van der Waals surface area contributed by atoms with Crippen molar-refractivity contribution >= 4 is 5.69 Å². The van der Waals surface area contributed by atoms with Gasteiger partial charge in [-0.3, -0.25) is 0 Å². The molecule has 0 heterocycles. The fraction of sp³-hybridized carbons (Fsp3) is 0.250. The third kappa shape index (κ3) is 2.83. The minimum absolute atomic E-state index is 0.251. The molecule has 1 atom stereocenters. The summed E-state index contributed by atoms with van der Waals surface area (Å²) in [4.78, 5) is 0. The van der Waals surface area contributed by atoms with Crippen LogP contribution in [0.5, 0.6) is 5.75 Å². The van der Waals surface area contributed by atoms with Gasteiger partial charge in [-0.25, -0.2) is 0 Å². The summed E-state index contributed by atoms with van der Waals surface area (Å²) < 4.78 is 5.25. The highest BCUT2D eigenvalue weighted by Gasteiger charge is 2.07. The lowest BCUT2D eigenvalue weighted by Crippen LogP contribution is -2.07. The van der Waals surface area contributed by atoms with Crippen LogP contribution in [0.2, 0.25) is 0 Å². The number of hydrogen-bond acceptors (Lipinski definition) is 2. The molecule has 1 N–H and O–H groups in total. The van der Waals surface area contributed by atoms with Gasteiger partial charge in [0.05, 0.1) is 7.11 Å². The minimum Gasteiger partial charge on any atom is -0.497 e. The topological polar surface area (TPSA) is 21.3 Å². The average molecular weight is 241 g/mol. The molecular formula is C16H19NO. The zero-order valence-corrected chi connectivity index (χ0v) is 11.1. The second-order valence-electron chi connectivity index (χ2n) is 4.46. The first kappa shape index (κ1) is 12.5. The number of methoxy groups -OCH3 is 1. The number of aryl methyl sites for hydroxylation is 1. The van der Waals surface area contributed by atoms with Gasteiger partial charge in [0.15, 0.2) is 0 Å². The summed E-state index contributed by atoms with van der Waals surface area (Å²) in [7, 11) is 1.69. The van der Waals surface area contributed by atoms with Gasteiger partial charge in [0, 0.05) is 11.7 Å². The zero-order valence-electron chi connectivity index (χ0n) is 11.1. The van der Waals surface area contributed by atoms with Crippen molar-refractivity contribution in [3.63, 3.8) is 0 Å². The fourth-order valence-electron chi connectivity index (χ4n) is 1.96. The van der Waals surface area contributed by atoms with Gasteiger partial charge in [0.1, 0.15) is 5.75 Å². The summed E-state index contributed by atoms with van der Waals surface area (Å²) in [6.07, 6.45) is 0. The molecule has 94 valence electrons. The van der Waals surface area contributed by atoms with E-state index in [0.29, 0.717) is 0 Å². The minimum atomic E-state index is 0.251. The van der Waals surface area contributed by atoms with Gasteiger partial charge in [-0.2, -0.15) is 0 Å². The number of para-hydroxylation sites is 1. The molecule has 0 saturated carbocycles. The van der Waals surface area contributed by atoms with Crippen LogP contribution in [0.4, 0.5) is 5.69 Å². The van der Waals surface area contributed by atoms with Crippen LogP contribution in [-0.2, 0) is 0 Å². The maximum Gasteiger partial charge on any atom is 0.119 e. The van der Waals surface area contributed by atoms with E-state index in [-0.39, 0.29) is 6.04 Å². The van der Waals surface area contributed by atoms with Crippen molar-refractivity contribution in [3.05, 3.63) is 59.7 Å². The lowest BCUT2D eigenvalue weighted by molar-refractivity contribution is 0.414. The largest absolute Gasteiger partial charge is 0.497 e. The number of benzene rings is 2. The van der Waals surface area contributed by atoms with Crippen molar-refractivity contribution < 1.29 is 4.74 Å². The zero-order chi connectivity index (χ0) is 13.0. The molecule has 0 amide bonds. The molecular weight excluding hydrogens is 222 g/mol. The lowest BCUT2D eigenvalue weighted by atomic mass is 10.1. The van der Waals surface area contributed by atoms with Gasteiger partial charge in [0.2, 0.25) is 0 Å². The van der Waals surface area contributed by atoms with Crippen LogP contribution in [0.1, 0.15) is 24.1 Å². The Morgan fingerprint density at radius 2 is 1.83 bits per heavy atom. The third-order valence-corrected chi connectivity index (χ3v) is 3.11. The summed E-state index contributed by atoms with van der Waals surface area (Å²) in [5.41, 5.74) is 3.65. The van der Waals surface area contributed by atoms with E-state index < -0.39 is 0 Å². The van der Waals surface area contributed by atoms with Crippen LogP contribution in [0, 0.1) is 6.92 Å². The Morgan fingerprint density at radius 1 is 1.06 bits per heavy atom. The highest BCUT2D eigenvalue weighted by atomic mass is 16.5. The number of anilines is 1. The standard InChI is InChI=1S/C16H19NO/c1-12-7-4-5-10-16(12)17-13(2)14-8-6-9-15(11-14)18-3/h4-11,13,17H,1-3H3. The van der Waals surface area contributed by atoms with Crippen LogP contribution in [0.25, 0.3) is 0 Å². The first-order chi connectivity index (χ1) is 8.70. The van der Waals surface area contributed by atoms with E-state index in [1.54, 1.807) is 7.11 Å². The quantitative estimate of drug-likeness (QED) is 0.867. The van der Waals surface area contributed by atoms with Gasteiger partial charge in [0.25, 0.3) is 0 Å². The Bertz CT molecular complexity index is 522. The number of hydrogen-bond donors (Lipinski definition) is 1. The molecule has 2 aromatic carbocycles. The van der Waals surface area contributed by atoms with Gasteiger partial charge in [-0.15, -0.1) is 0 Å². The molecule has 0 aliphatic rings. The predicted octanol–water partition coefficient (Wildman–Crippen LogP) is 4.18. The van der Waals surface area contributed by atoms with Gasteiger partial charge in [-0.05, 0) is 43.2 Å². The molecule has 18 heavy (non-hydrogen) atoms. The van der Waals surface area contributed by atoms with Crippen molar-refractivity contribution in [3.8, 4) is 5.75 Å². The van der Waals surface area contributed by atoms with Gasteiger partial charge >= 0.3 is 0 Å². The second-order valence-corrected chi connectivity index (χ2v) is 4.46. The van der Waals surface area contributed by atoms with Gasteiger partial charge < -0.3 is 10.1 Å². The molecule has 2 nitrogen and oxygen atoms in total. The molecule has 0 saturated heterocycles. The first-order valence-electron chi connectivity index (χ1n) is 6.17. The van der Waals surface area contributed by atoms with Crippen LogP contribution in [0.3, 0.4) is 0 Å². The van der Waals surface area contributed by atoms with E-state index in [1.165, 1.54) is 16.8 Å². The van der Waals surface area contributed by atoms with E-state index in [2.05, 4.69) is 49.5 Å². The highest BCUT2D eigenvalue weighted by Crippen LogP contribution is 2.24. The van der Waals surface area contributed by atoms with Crippen molar-refractivity contribution in [2.45, 2.75) is 19.9 Å². The summed E-state index contributed by atoms with van der Waals surface area (Å²) in [6.45, 7) is 4.27. The van der Waals surface area contributed by atoms with Crippen molar-refractivity contribution in [1.29, 1.82) is 0 Å². The third-order valence-electron chi connectivity index (χ3n) is 3.11. The van der Waals surface area contributed by atoms with Crippen molar-refractivity contribution in [1.82, 2.24) is 0 Å². The second kappa shape index (κ2) is 5.58. The molecule has 0 aromatic heterocycles. The highest BCUT2D eigenvalue weighted by molar-refractivity contribution is 5.52. The monoisotopic (exact) mass is 241 g/mol. The SMILES string of the molecule is COc1cccc(C(C)Nc2ccccc2C)c1. The molecule has 0 aliphatic carbocycles. The van der Waals surface area contributed by atoms with Crippen LogP contribution < -0.4 is 10.1 Å². The summed E-state index contributed by atoms with van der Waals surface area (Å²) in [5, 5.41) is 3.52. The Kier molecular flexibility index (Phi) is 3.88. The van der Waals surface area contributed by atoms with Gasteiger partial charge in [-0.1, -0.05) is 30.3 Å². The Balaban J connectivity index is 2.16. The van der Waals surface area contributed by atoms with Crippen molar-refractivity contribution in [2.24, 2.45) is 0 Å². The van der Waals surface area contributed by atoms with E-state index in [1.807, 2.05) is 18.2 Å². The molecule has 1 unspecified atom stereocenters. The van der Waals surface area contributed by atoms with Crippen LogP contribution in [0.15, 0.2) is 48.5 Å². The van der Waals surface area contributed by atoms with E-state index in [4.69, 9.17) is 4.74 Å². The smallest absolute Gasteiger partial charge is 0.119 e. The lowest BCUT2D eigenvalue weighted by Gasteiger charge is -2.18. The van der Waals surface area contributed by atoms with E-state index >= 15 is 0 Å². The Morgan fingerprint density at radius 3 is 2.56 bits per heavy atom. The molecule has 2 aromatic rings. The number of nitrogens with one attached hydrogen (secondary N) is 1. The molecule has 0 spiro atoms. The first-order valence-corrected chi connectivity index (χ1v) is 6.17. The molecule has 0 bridgehead atoms. The number of rotatable bonds is 4. The molecule has 0 fully saturated rings. The van der Waals surface area contributed by atoms with E-state index in [0.717, 1.165) is 5.75 Å². The Labute approximate surface area is 109 Å². The normalized spacial score (nSPS) is 11.9. The van der Waals surface area contributed by atoms with Crippen LogP contribution >= 0.6 is 0 Å². The fourth-order valence-corrected chi connectivity index (χ4v) is 1.96. The maximum absolute atomic E-state index is 5.25. The van der Waals surface area contributed by atoms with Crippen LogP contribution in [-0.4, -0.2) is 7.11 Å². The summed E-state index contributed by atoms with van der Waals surface area (Å²) >= 11 is 0. The Hall–Kier alpha value is -1.96. The summed E-state index contributed by atoms with van der Waals surface area (Å²) in [5.74, 6) is 0.894. The van der Waals surface area contributed by atoms with E-state index in [9.17, 15) is 0 Å². The molecule has 0 radical (unpaired) electrons. The molecule has 2 rings (SSSR count).